The van der Waals surface area contributed by atoms with Crippen molar-refractivity contribution in [1.82, 2.24) is 9.13 Å². The van der Waals surface area contributed by atoms with Gasteiger partial charge in [-0.1, -0.05) is 6.07 Å². The molecule has 144 valence electrons. The van der Waals surface area contributed by atoms with Gasteiger partial charge in [0.25, 0.3) is 15.6 Å². The molecule has 0 aliphatic carbocycles. The average molecular weight is 398 g/mol. The zero-order valence-corrected chi connectivity index (χ0v) is 16.6. The smallest absolute Gasteiger partial charge is 0.296 e. The maximum Gasteiger partial charge on any atom is 0.330 e. The zero-order valence-electron chi connectivity index (χ0n) is 15.8. The van der Waals surface area contributed by atoms with Crippen LogP contribution in [0.2, 0.25) is 0 Å². The summed E-state index contributed by atoms with van der Waals surface area (Å²) in [6.07, 6.45) is 0. The third kappa shape index (κ3) is 3.08. The van der Waals surface area contributed by atoms with Crippen LogP contribution in [0.3, 0.4) is 0 Å². The molecule has 0 saturated heterocycles. The monoisotopic (exact) mass is 398 g/mol. The van der Waals surface area contributed by atoms with Crippen LogP contribution in [-0.4, -0.2) is 17.6 Å². The molecule has 1 aromatic heterocycles. The van der Waals surface area contributed by atoms with Crippen molar-refractivity contribution < 1.29 is 8.42 Å². The van der Waals surface area contributed by atoms with Crippen LogP contribution in [0.25, 0.3) is 10.9 Å². The molecule has 0 aliphatic rings. The lowest BCUT2D eigenvalue weighted by Gasteiger charge is -2.13. The standard InChI is InChI=1S/C19H18N4O4S/c1-11-7-12(2)15(10-20)16(8-11)21-28(26,27)13-5-6-17-14(9-13)18(24)23(4)19(25)22(17)3/h5-9,21H,1-4H3. The predicted molar refractivity (Wildman–Crippen MR) is 106 cm³/mol. The molecule has 0 fully saturated rings. The fourth-order valence-corrected chi connectivity index (χ4v) is 4.23. The topological polar surface area (TPSA) is 114 Å². The van der Waals surface area contributed by atoms with Crippen molar-refractivity contribution >= 4 is 26.6 Å². The molecule has 0 spiro atoms. The summed E-state index contributed by atoms with van der Waals surface area (Å²) in [5.41, 5.74) is 1.11. The van der Waals surface area contributed by atoms with E-state index < -0.39 is 21.3 Å². The van der Waals surface area contributed by atoms with Crippen LogP contribution in [0.1, 0.15) is 16.7 Å². The van der Waals surface area contributed by atoms with E-state index in [2.05, 4.69) is 4.72 Å². The molecule has 0 unspecified atom stereocenters. The zero-order chi connectivity index (χ0) is 20.8. The van der Waals surface area contributed by atoms with E-state index in [0.29, 0.717) is 11.1 Å². The minimum absolute atomic E-state index is 0.105. The third-order valence-electron chi connectivity index (χ3n) is 4.58. The minimum Gasteiger partial charge on any atom is -0.296 e. The highest BCUT2D eigenvalue weighted by Crippen LogP contribution is 2.25. The van der Waals surface area contributed by atoms with Gasteiger partial charge >= 0.3 is 5.69 Å². The van der Waals surface area contributed by atoms with Gasteiger partial charge in [0.1, 0.15) is 6.07 Å². The summed E-state index contributed by atoms with van der Waals surface area (Å²) in [4.78, 5) is 24.3. The van der Waals surface area contributed by atoms with E-state index in [1.54, 1.807) is 26.0 Å². The Hall–Kier alpha value is -3.38. The Morgan fingerprint density at radius 2 is 1.71 bits per heavy atom. The predicted octanol–water partition coefficient (Wildman–Crippen LogP) is 1.53. The van der Waals surface area contributed by atoms with Crippen molar-refractivity contribution in [2.75, 3.05) is 4.72 Å². The van der Waals surface area contributed by atoms with Crippen molar-refractivity contribution in [3.8, 4) is 6.07 Å². The second-order valence-electron chi connectivity index (χ2n) is 6.61. The van der Waals surface area contributed by atoms with Gasteiger partial charge in [0.2, 0.25) is 0 Å². The number of benzene rings is 2. The molecule has 8 nitrogen and oxygen atoms in total. The molecule has 3 rings (SSSR count). The number of aromatic nitrogens is 2. The summed E-state index contributed by atoms with van der Waals surface area (Å²) in [5.74, 6) is 0. The number of fused-ring (bicyclic) bond motifs is 1. The van der Waals surface area contributed by atoms with Crippen molar-refractivity contribution in [2.24, 2.45) is 14.1 Å². The van der Waals surface area contributed by atoms with Gasteiger partial charge in [0.05, 0.1) is 27.0 Å². The Labute approximate surface area is 161 Å². The summed E-state index contributed by atoms with van der Waals surface area (Å²) in [6.45, 7) is 3.52. The SMILES string of the molecule is Cc1cc(C)c(C#N)c(NS(=O)(=O)c2ccc3c(c2)c(=O)n(C)c(=O)n3C)c1. The van der Waals surface area contributed by atoms with Gasteiger partial charge in [0.15, 0.2) is 0 Å². The Balaban J connectivity index is 2.19. The molecule has 0 atom stereocenters. The van der Waals surface area contributed by atoms with E-state index in [-0.39, 0.29) is 21.5 Å². The summed E-state index contributed by atoms with van der Waals surface area (Å²) < 4.78 is 30.4. The Kier molecular flexibility index (Phi) is 4.61. The van der Waals surface area contributed by atoms with E-state index in [0.717, 1.165) is 10.1 Å². The van der Waals surface area contributed by atoms with E-state index in [1.807, 2.05) is 6.07 Å². The lowest BCUT2D eigenvalue weighted by Crippen LogP contribution is -2.37. The first-order chi connectivity index (χ1) is 13.1. The Morgan fingerprint density at radius 3 is 2.36 bits per heavy atom. The number of hydrogen-bond acceptors (Lipinski definition) is 5. The average Bonchev–Trinajstić information content (AvgIpc) is 2.63. The van der Waals surface area contributed by atoms with Crippen LogP contribution in [0.5, 0.6) is 0 Å². The molecule has 1 N–H and O–H groups in total. The summed E-state index contributed by atoms with van der Waals surface area (Å²) in [7, 11) is -1.22. The van der Waals surface area contributed by atoms with Crippen LogP contribution < -0.4 is 16.0 Å². The van der Waals surface area contributed by atoms with Crippen molar-refractivity contribution in [3.63, 3.8) is 0 Å². The minimum atomic E-state index is -4.06. The summed E-state index contributed by atoms with van der Waals surface area (Å²) >= 11 is 0. The molecular weight excluding hydrogens is 380 g/mol. The lowest BCUT2D eigenvalue weighted by atomic mass is 10.0. The molecule has 0 radical (unpaired) electrons. The number of anilines is 1. The quantitative estimate of drug-likeness (QED) is 0.719. The van der Waals surface area contributed by atoms with Gasteiger partial charge in [0, 0.05) is 14.1 Å². The fraction of sp³-hybridized carbons (Fsp3) is 0.211. The van der Waals surface area contributed by atoms with Crippen molar-refractivity contribution in [2.45, 2.75) is 18.7 Å². The third-order valence-corrected chi connectivity index (χ3v) is 5.95. The number of sulfonamides is 1. The van der Waals surface area contributed by atoms with Gasteiger partial charge in [-0.2, -0.15) is 5.26 Å². The van der Waals surface area contributed by atoms with Gasteiger partial charge in [-0.15, -0.1) is 0 Å². The molecule has 9 heteroatoms. The number of nitrogens with zero attached hydrogens (tertiary/aromatic N) is 3. The van der Waals surface area contributed by atoms with E-state index in [9.17, 15) is 23.3 Å². The molecule has 1 heterocycles. The molecule has 0 saturated carbocycles. The molecule has 0 bridgehead atoms. The number of nitriles is 1. The molecule has 28 heavy (non-hydrogen) atoms. The number of aryl methyl sites for hydroxylation is 3. The van der Waals surface area contributed by atoms with E-state index in [1.165, 1.54) is 36.9 Å². The number of nitrogens with one attached hydrogen (secondary N) is 1. The highest BCUT2D eigenvalue weighted by molar-refractivity contribution is 7.92. The van der Waals surface area contributed by atoms with Crippen LogP contribution in [0.15, 0.2) is 44.8 Å². The number of hydrogen-bond donors (Lipinski definition) is 1. The Bertz CT molecular complexity index is 1390. The van der Waals surface area contributed by atoms with Crippen LogP contribution in [0.4, 0.5) is 5.69 Å². The maximum atomic E-state index is 12.9. The summed E-state index contributed by atoms with van der Waals surface area (Å²) in [5, 5.41) is 9.47. The van der Waals surface area contributed by atoms with Gasteiger partial charge in [-0.25, -0.2) is 13.2 Å². The van der Waals surface area contributed by atoms with Crippen molar-refractivity contribution in [1.29, 1.82) is 5.26 Å². The lowest BCUT2D eigenvalue weighted by molar-refractivity contribution is 0.601. The highest BCUT2D eigenvalue weighted by Gasteiger charge is 2.19. The Morgan fingerprint density at radius 1 is 1.04 bits per heavy atom. The van der Waals surface area contributed by atoms with E-state index >= 15 is 0 Å². The second-order valence-corrected chi connectivity index (χ2v) is 8.29. The second kappa shape index (κ2) is 6.65. The molecular formula is C19H18N4O4S. The first-order valence-corrected chi connectivity index (χ1v) is 9.79. The first kappa shape index (κ1) is 19.4. The van der Waals surface area contributed by atoms with Gasteiger partial charge in [-0.3, -0.25) is 18.7 Å². The van der Waals surface area contributed by atoms with Gasteiger partial charge < -0.3 is 0 Å². The van der Waals surface area contributed by atoms with Crippen LogP contribution in [0, 0.1) is 25.2 Å². The normalized spacial score (nSPS) is 11.4. The maximum absolute atomic E-state index is 12.9. The molecule has 2 aromatic carbocycles. The largest absolute Gasteiger partial charge is 0.330 e. The molecule has 0 aliphatic heterocycles. The first-order valence-electron chi connectivity index (χ1n) is 8.31. The number of rotatable bonds is 3. The molecule has 0 amide bonds. The fourth-order valence-electron chi connectivity index (χ4n) is 3.14. The summed E-state index contributed by atoms with van der Waals surface area (Å²) in [6, 6.07) is 9.34. The highest BCUT2D eigenvalue weighted by atomic mass is 32.2. The van der Waals surface area contributed by atoms with Crippen molar-refractivity contribution in [3.05, 3.63) is 67.9 Å². The van der Waals surface area contributed by atoms with Crippen LogP contribution in [-0.2, 0) is 24.1 Å². The molecule has 3 aromatic rings. The van der Waals surface area contributed by atoms with Gasteiger partial charge in [-0.05, 0) is 49.2 Å². The van der Waals surface area contributed by atoms with E-state index in [4.69, 9.17) is 0 Å². The van der Waals surface area contributed by atoms with Crippen LogP contribution >= 0.6 is 0 Å².